The normalized spacial score (nSPS) is 10.5. The summed E-state index contributed by atoms with van der Waals surface area (Å²) >= 11 is 4.11. The van der Waals surface area contributed by atoms with Crippen molar-refractivity contribution in [3.05, 3.63) is 25.0 Å². The number of phenols is 1. The lowest BCUT2D eigenvalue weighted by Gasteiger charge is -2.05. The van der Waals surface area contributed by atoms with Crippen molar-refractivity contribution >= 4 is 51.1 Å². The van der Waals surface area contributed by atoms with Gasteiger partial charge in [0.2, 0.25) is 0 Å². The van der Waals surface area contributed by atoms with Crippen LogP contribution >= 0.6 is 45.2 Å². The molecule has 0 radical (unpaired) electrons. The number of phenolic OH excluding ortho intramolecular Hbond substituents is 1. The lowest BCUT2D eigenvalue weighted by Crippen LogP contribution is -2.12. The molecule has 0 bridgehead atoms. The van der Waals surface area contributed by atoms with Gasteiger partial charge in [0.25, 0.3) is 5.91 Å². The van der Waals surface area contributed by atoms with Crippen molar-refractivity contribution in [2.24, 2.45) is 5.73 Å². The number of benzene rings is 1. The van der Waals surface area contributed by atoms with Crippen LogP contribution in [0.3, 0.4) is 0 Å². The largest absolute Gasteiger partial charge is 0.506 e. The number of H-pyrrole nitrogens is 1. The van der Waals surface area contributed by atoms with Crippen LogP contribution in [-0.2, 0) is 0 Å². The zero-order valence-corrected chi connectivity index (χ0v) is 12.6. The number of primary amides is 1. The van der Waals surface area contributed by atoms with Gasteiger partial charge in [-0.25, -0.2) is 0 Å². The Morgan fingerprint density at radius 3 is 2.71 bits per heavy atom. The fourth-order valence-corrected chi connectivity index (χ4v) is 3.18. The third kappa shape index (κ3) is 2.36. The highest BCUT2D eigenvalue weighted by molar-refractivity contribution is 14.1. The minimum absolute atomic E-state index is 0.0121. The Morgan fingerprint density at radius 1 is 1.35 bits per heavy atom. The Bertz CT molecular complexity index is 597. The van der Waals surface area contributed by atoms with Crippen molar-refractivity contribution in [2.45, 2.75) is 0 Å². The molecule has 0 atom stereocenters. The second-order valence-corrected chi connectivity index (χ2v) is 5.58. The van der Waals surface area contributed by atoms with E-state index in [1.54, 1.807) is 6.07 Å². The van der Waals surface area contributed by atoms with E-state index in [4.69, 9.17) is 5.73 Å². The maximum Gasteiger partial charge on any atom is 0.271 e. The second kappa shape index (κ2) is 4.76. The first kappa shape index (κ1) is 12.5. The number of nitrogens with zero attached hydrogens (tertiary/aromatic N) is 2. The summed E-state index contributed by atoms with van der Waals surface area (Å²) in [5.74, 6) is -0.635. The molecular weight excluding hydrogens is 450 g/mol. The van der Waals surface area contributed by atoms with E-state index in [0.717, 1.165) is 3.57 Å². The number of hydrogen-bond donors (Lipinski definition) is 3. The van der Waals surface area contributed by atoms with E-state index in [2.05, 4.69) is 38.0 Å². The Labute approximate surface area is 123 Å². The number of nitrogens with two attached hydrogens (primary N) is 1. The highest BCUT2D eigenvalue weighted by atomic mass is 127. The molecule has 0 saturated carbocycles. The van der Waals surface area contributed by atoms with E-state index < -0.39 is 5.91 Å². The first-order valence-electron chi connectivity index (χ1n) is 4.39. The van der Waals surface area contributed by atoms with Crippen LogP contribution in [0, 0.1) is 7.14 Å². The van der Waals surface area contributed by atoms with Gasteiger partial charge in [0.05, 0.1) is 3.57 Å². The monoisotopic (exact) mass is 456 g/mol. The summed E-state index contributed by atoms with van der Waals surface area (Å²) in [5, 5.41) is 19.8. The number of nitrogens with one attached hydrogen (secondary N) is 1. The number of aromatic amines is 1. The first-order chi connectivity index (χ1) is 8.00. The molecule has 4 N–H and O–H groups in total. The topological polar surface area (TPSA) is 105 Å². The highest BCUT2D eigenvalue weighted by Gasteiger charge is 2.19. The van der Waals surface area contributed by atoms with Crippen LogP contribution in [0.25, 0.3) is 11.3 Å². The van der Waals surface area contributed by atoms with Crippen molar-refractivity contribution in [3.63, 3.8) is 0 Å². The molecule has 0 unspecified atom stereocenters. The average molecular weight is 456 g/mol. The number of halogens is 2. The second-order valence-electron chi connectivity index (χ2n) is 3.17. The Morgan fingerprint density at radius 2 is 2.06 bits per heavy atom. The van der Waals surface area contributed by atoms with Crippen LogP contribution in [-0.4, -0.2) is 26.4 Å². The van der Waals surface area contributed by atoms with E-state index >= 15 is 0 Å². The summed E-state index contributed by atoms with van der Waals surface area (Å²) < 4.78 is 1.58. The molecule has 0 aliphatic rings. The van der Waals surface area contributed by atoms with Crippen LogP contribution < -0.4 is 5.73 Å². The summed E-state index contributed by atoms with van der Waals surface area (Å²) in [6.45, 7) is 0. The Hall–Kier alpha value is -0.910. The van der Waals surface area contributed by atoms with Crippen molar-refractivity contribution in [2.75, 3.05) is 0 Å². The lowest BCUT2D eigenvalue weighted by molar-refractivity contribution is 0.0996. The number of rotatable bonds is 2. The molecule has 1 aromatic heterocycles. The molecular formula is C9H6I2N4O2. The van der Waals surface area contributed by atoms with Gasteiger partial charge in [0, 0.05) is 9.13 Å². The summed E-state index contributed by atoms with van der Waals surface area (Å²) in [4.78, 5) is 11.2. The van der Waals surface area contributed by atoms with Crippen LogP contribution in [0.2, 0.25) is 0 Å². The van der Waals surface area contributed by atoms with E-state index in [1.807, 2.05) is 28.7 Å². The van der Waals surface area contributed by atoms with Gasteiger partial charge in [0.1, 0.15) is 11.4 Å². The highest BCUT2D eigenvalue weighted by Crippen LogP contribution is 2.34. The van der Waals surface area contributed by atoms with Crippen LogP contribution in [0.5, 0.6) is 5.75 Å². The van der Waals surface area contributed by atoms with Crippen LogP contribution in [0.4, 0.5) is 0 Å². The predicted octanol–water partition coefficient (Wildman–Crippen LogP) is 1.49. The molecule has 0 aliphatic heterocycles. The molecule has 8 heteroatoms. The quantitative estimate of drug-likeness (QED) is 0.596. The smallest absolute Gasteiger partial charge is 0.271 e. The minimum Gasteiger partial charge on any atom is -0.506 e. The zero-order valence-electron chi connectivity index (χ0n) is 8.24. The summed E-state index contributed by atoms with van der Waals surface area (Å²) in [5.41, 5.74) is 5.88. The summed E-state index contributed by atoms with van der Waals surface area (Å²) in [6.07, 6.45) is 0. The lowest BCUT2D eigenvalue weighted by atomic mass is 10.1. The van der Waals surface area contributed by atoms with Crippen LogP contribution in [0.15, 0.2) is 12.1 Å². The van der Waals surface area contributed by atoms with Crippen molar-refractivity contribution in [1.82, 2.24) is 15.4 Å². The zero-order chi connectivity index (χ0) is 12.6. The molecule has 1 heterocycles. The minimum atomic E-state index is -0.693. The Kier molecular flexibility index (Phi) is 3.51. The van der Waals surface area contributed by atoms with Gasteiger partial charge in [-0.3, -0.25) is 4.79 Å². The molecule has 0 fully saturated rings. The summed E-state index contributed by atoms with van der Waals surface area (Å²) in [7, 11) is 0. The van der Waals surface area contributed by atoms with Gasteiger partial charge in [-0.05, 0) is 57.3 Å². The summed E-state index contributed by atoms with van der Waals surface area (Å²) in [6, 6.07) is 3.52. The number of aromatic hydroxyl groups is 1. The SMILES string of the molecule is NC(=O)c1n[nH]nc1-c1cc(I)cc(I)c1O. The van der Waals surface area contributed by atoms with E-state index in [9.17, 15) is 9.90 Å². The molecule has 0 saturated heterocycles. The molecule has 0 spiro atoms. The van der Waals surface area contributed by atoms with Crippen molar-refractivity contribution < 1.29 is 9.90 Å². The maximum atomic E-state index is 11.2. The maximum absolute atomic E-state index is 11.2. The van der Waals surface area contributed by atoms with Crippen molar-refractivity contribution in [3.8, 4) is 17.0 Å². The van der Waals surface area contributed by atoms with Crippen molar-refractivity contribution in [1.29, 1.82) is 0 Å². The van der Waals surface area contributed by atoms with E-state index in [0.29, 0.717) is 9.13 Å². The van der Waals surface area contributed by atoms with Gasteiger partial charge >= 0.3 is 0 Å². The van der Waals surface area contributed by atoms with E-state index in [-0.39, 0.29) is 17.1 Å². The molecule has 17 heavy (non-hydrogen) atoms. The van der Waals surface area contributed by atoms with Gasteiger partial charge in [-0.15, -0.1) is 0 Å². The molecule has 2 aromatic rings. The number of carbonyl (C=O) groups excluding carboxylic acids is 1. The average Bonchev–Trinajstić information content (AvgIpc) is 2.72. The Balaban J connectivity index is 2.68. The van der Waals surface area contributed by atoms with E-state index in [1.165, 1.54) is 0 Å². The fraction of sp³-hybridized carbons (Fsp3) is 0. The molecule has 1 amide bonds. The molecule has 0 aliphatic carbocycles. The number of carbonyl (C=O) groups is 1. The van der Waals surface area contributed by atoms with Gasteiger partial charge in [-0.2, -0.15) is 15.4 Å². The fourth-order valence-electron chi connectivity index (χ4n) is 1.34. The molecule has 2 rings (SSSR count). The number of hydrogen-bond acceptors (Lipinski definition) is 4. The third-order valence-electron chi connectivity index (χ3n) is 2.06. The third-order valence-corrected chi connectivity index (χ3v) is 3.51. The first-order valence-corrected chi connectivity index (χ1v) is 6.55. The molecule has 1 aromatic carbocycles. The predicted molar refractivity (Wildman–Crippen MR) is 77.4 cm³/mol. The number of amides is 1. The van der Waals surface area contributed by atoms with Crippen LogP contribution in [0.1, 0.15) is 10.5 Å². The molecule has 88 valence electrons. The standard InChI is InChI=1S/C9H6I2N4O2/c10-3-1-4(8(16)5(11)2-3)6-7(9(12)17)14-15-13-6/h1-2,16H,(H2,12,17)(H,13,14,15). The van der Waals surface area contributed by atoms with Gasteiger partial charge in [0.15, 0.2) is 5.69 Å². The van der Waals surface area contributed by atoms with Gasteiger partial charge < -0.3 is 10.8 Å². The number of aromatic nitrogens is 3. The van der Waals surface area contributed by atoms with Gasteiger partial charge in [-0.1, -0.05) is 0 Å². The molecule has 6 nitrogen and oxygen atoms in total.